The van der Waals surface area contributed by atoms with Crippen molar-refractivity contribution in [1.29, 1.82) is 0 Å². The maximum atomic E-state index is 6.11. The van der Waals surface area contributed by atoms with Gasteiger partial charge in [-0.2, -0.15) is 19.9 Å². The van der Waals surface area contributed by atoms with E-state index in [0.29, 0.717) is 29.2 Å². The number of rotatable bonds is 9. The fraction of sp³-hybridized carbons (Fsp3) is 0. The van der Waals surface area contributed by atoms with Crippen LogP contribution in [0.2, 0.25) is 5.28 Å². The second-order valence-electron chi connectivity index (χ2n) is 25.5. The Kier molecular flexibility index (Phi) is 17.2. The third-order valence-corrected chi connectivity index (χ3v) is 19.5. The summed E-state index contributed by atoms with van der Waals surface area (Å²) in [5.74, 6) is 2.96. The fourth-order valence-electron chi connectivity index (χ4n) is 14.4. The molecule has 0 unspecified atom stereocenters. The Balaban J connectivity index is 0.000000127. The van der Waals surface area contributed by atoms with Gasteiger partial charge in [0.1, 0.15) is 0 Å². The Morgan fingerprint density at radius 1 is 0.221 bits per heavy atom. The minimum Gasteiger partial charge on any atom is -0.353 e. The first kappa shape index (κ1) is 63.9. The molecule has 8 nitrogen and oxygen atoms in total. The molecule has 0 atom stereocenters. The van der Waals surface area contributed by atoms with E-state index in [9.17, 15) is 0 Å². The molecule has 0 saturated heterocycles. The predicted molar refractivity (Wildman–Crippen MR) is 434 cm³/mol. The summed E-state index contributed by atoms with van der Waals surface area (Å²) in [6, 6.07) is 127. The molecule has 0 bridgehead atoms. The zero-order valence-corrected chi connectivity index (χ0v) is 57.0. The van der Waals surface area contributed by atoms with Crippen molar-refractivity contribution >= 4 is 107 Å². The van der Waals surface area contributed by atoms with E-state index in [0.717, 1.165) is 77.1 Å². The lowest BCUT2D eigenvalue weighted by Gasteiger charge is -2.15. The van der Waals surface area contributed by atoms with Gasteiger partial charge in [-0.1, -0.05) is 352 Å². The highest BCUT2D eigenvalue weighted by molar-refractivity contribution is 6.28. The molecule has 16 aromatic carbocycles. The van der Waals surface area contributed by atoms with Crippen LogP contribution in [0.5, 0.6) is 0 Å². The minimum absolute atomic E-state index is 0. The first-order valence-electron chi connectivity index (χ1n) is 34.4. The van der Waals surface area contributed by atoms with Crippen LogP contribution in [-0.2, 0) is 0 Å². The van der Waals surface area contributed by atoms with Crippen LogP contribution in [0.15, 0.2) is 364 Å². The Bertz CT molecular complexity index is 6520. The minimum atomic E-state index is 0. The van der Waals surface area contributed by atoms with Crippen molar-refractivity contribution in [2.45, 2.75) is 0 Å². The van der Waals surface area contributed by atoms with Crippen molar-refractivity contribution in [2.24, 2.45) is 0 Å². The zero-order valence-electron chi connectivity index (χ0n) is 56.2. The number of hydrogen-bond donors (Lipinski definition) is 1. The van der Waals surface area contributed by atoms with E-state index < -0.39 is 0 Å². The molecule has 0 aliphatic rings. The summed E-state index contributed by atoms with van der Waals surface area (Å²) in [6.45, 7) is 0. The Hall–Kier alpha value is -13.5. The molecule has 20 rings (SSSR count). The SMILES string of the molecule is Clc1nc(-c2ccccc2)nc(-c2ccc(-c3ccccc3)cc2)n1.[B].c1ccc(-c2c3ccccc3cc3c2[nH]c2c4ccccc4ccc32)cc1.c1ccc(-c2ccc(-c3nc(-c4ccccc4)nc(-n4c5c(-c6ccccc6)c6ccccc6cc5c5ccc6ccccc6c54)n3)cc2)cc1. The number of aromatic nitrogens is 8. The molecule has 0 saturated carbocycles. The average Bonchev–Trinajstić information content (AvgIpc) is 1.56. The van der Waals surface area contributed by atoms with Gasteiger partial charge in [-0.3, -0.25) is 4.57 Å². The molecule has 10 heteroatoms. The first-order chi connectivity index (χ1) is 51.0. The number of halogens is 1. The molecule has 0 aliphatic heterocycles. The van der Waals surface area contributed by atoms with Crippen molar-refractivity contribution in [3.8, 4) is 96.0 Å². The van der Waals surface area contributed by atoms with Crippen LogP contribution in [0.25, 0.3) is 183 Å². The Morgan fingerprint density at radius 3 is 1.05 bits per heavy atom. The monoisotopic (exact) mass is 1350 g/mol. The highest BCUT2D eigenvalue weighted by Crippen LogP contribution is 2.46. The van der Waals surface area contributed by atoms with Gasteiger partial charge in [0.2, 0.25) is 11.2 Å². The second kappa shape index (κ2) is 27.9. The fourth-order valence-corrected chi connectivity index (χ4v) is 14.6. The molecule has 4 aromatic heterocycles. The first-order valence-corrected chi connectivity index (χ1v) is 34.8. The van der Waals surface area contributed by atoms with Crippen molar-refractivity contribution in [3.05, 3.63) is 369 Å². The van der Waals surface area contributed by atoms with Crippen LogP contribution in [0, 0.1) is 0 Å². The maximum Gasteiger partial charge on any atom is 0.238 e. The zero-order chi connectivity index (χ0) is 68.6. The molecule has 0 spiro atoms. The van der Waals surface area contributed by atoms with Gasteiger partial charge in [0.05, 0.1) is 22.1 Å². The third-order valence-electron chi connectivity index (χ3n) is 19.3. The molecule has 487 valence electrons. The highest BCUT2D eigenvalue weighted by atomic mass is 35.5. The molecule has 3 radical (unpaired) electrons. The van der Waals surface area contributed by atoms with Crippen LogP contribution in [0.1, 0.15) is 0 Å². The number of nitrogens with zero attached hydrogens (tertiary/aromatic N) is 7. The summed E-state index contributed by atoms with van der Waals surface area (Å²) in [5, 5.41) is 14.8. The third kappa shape index (κ3) is 12.1. The standard InChI is InChI=1S/C47H30N4.C26H17N.C21H14ClN3.B/c1-4-14-31(15-5-1)32-24-26-36(27-25-32)46-48-45(35-19-8-3-9-20-35)49-47(50-46)51-43-39-23-13-10-16-33(39)28-29-40(43)41-30-37-21-11-12-22-38(37)42(44(41)51)34-17-6-2-7-18-34;1-2-9-18(10-3-1)24-20-12-6-5-11-19(20)16-23-22-15-14-17-8-4-7-13-21(17)25(22)27-26(23)24;22-21-24-19(17-9-5-2-6-10-17)23-20(25-21)18-13-11-16(12-14-18)15-7-3-1-4-8-15;/h1-30H;1-16,27H;1-14H;. The quantitative estimate of drug-likeness (QED) is 0.145. The van der Waals surface area contributed by atoms with Crippen molar-refractivity contribution in [1.82, 2.24) is 39.5 Å². The predicted octanol–water partition coefficient (Wildman–Crippen LogP) is 24.4. The van der Waals surface area contributed by atoms with E-state index in [4.69, 9.17) is 26.6 Å². The summed E-state index contributed by atoms with van der Waals surface area (Å²) < 4.78 is 2.29. The van der Waals surface area contributed by atoms with E-state index in [-0.39, 0.29) is 13.7 Å². The topological polar surface area (TPSA) is 98.1 Å². The van der Waals surface area contributed by atoms with E-state index >= 15 is 0 Å². The van der Waals surface area contributed by atoms with Gasteiger partial charge in [-0.05, 0) is 89.4 Å². The Morgan fingerprint density at radius 2 is 0.558 bits per heavy atom. The number of nitrogens with one attached hydrogen (secondary N) is 1. The summed E-state index contributed by atoms with van der Waals surface area (Å²) in [7, 11) is 0. The highest BCUT2D eigenvalue weighted by Gasteiger charge is 2.25. The van der Waals surface area contributed by atoms with Crippen molar-refractivity contribution < 1.29 is 0 Å². The van der Waals surface area contributed by atoms with Gasteiger partial charge in [0, 0.05) is 74.1 Å². The maximum absolute atomic E-state index is 6.11. The van der Waals surface area contributed by atoms with E-state index in [1.165, 1.54) is 76.4 Å². The van der Waals surface area contributed by atoms with Gasteiger partial charge >= 0.3 is 0 Å². The molecule has 0 fully saturated rings. The van der Waals surface area contributed by atoms with Crippen LogP contribution in [0.3, 0.4) is 0 Å². The van der Waals surface area contributed by atoms with Crippen LogP contribution < -0.4 is 0 Å². The van der Waals surface area contributed by atoms with E-state index in [1.54, 1.807) is 0 Å². The van der Waals surface area contributed by atoms with Crippen molar-refractivity contribution in [3.63, 3.8) is 0 Å². The second-order valence-corrected chi connectivity index (χ2v) is 25.8. The molecule has 0 amide bonds. The number of fused-ring (bicyclic) bond motifs is 12. The number of H-pyrrole nitrogens is 1. The molecule has 0 aliphatic carbocycles. The Labute approximate surface area is 607 Å². The molecule has 104 heavy (non-hydrogen) atoms. The molecule has 1 N–H and O–H groups in total. The molecular weight excluding hydrogens is 1290 g/mol. The van der Waals surface area contributed by atoms with Crippen LogP contribution >= 0.6 is 11.6 Å². The lowest BCUT2D eigenvalue weighted by molar-refractivity contribution is 0.956. The molecular formula is C94H61BClN8. The van der Waals surface area contributed by atoms with Gasteiger partial charge in [0.15, 0.2) is 23.3 Å². The normalized spacial score (nSPS) is 11.2. The van der Waals surface area contributed by atoms with E-state index in [1.807, 2.05) is 84.9 Å². The lowest BCUT2D eigenvalue weighted by atomic mass is 9.94. The number of benzene rings is 16. The molecule has 20 aromatic rings. The van der Waals surface area contributed by atoms with Crippen molar-refractivity contribution in [2.75, 3.05) is 0 Å². The summed E-state index contributed by atoms with van der Waals surface area (Å²) in [4.78, 5) is 32.6. The number of aromatic amines is 1. The summed E-state index contributed by atoms with van der Waals surface area (Å²) >= 11 is 6.11. The van der Waals surface area contributed by atoms with Crippen LogP contribution in [-0.4, -0.2) is 47.9 Å². The van der Waals surface area contributed by atoms with Crippen LogP contribution in [0.4, 0.5) is 0 Å². The molecule has 4 heterocycles. The van der Waals surface area contributed by atoms with Gasteiger partial charge < -0.3 is 4.98 Å². The van der Waals surface area contributed by atoms with Gasteiger partial charge in [0.25, 0.3) is 0 Å². The summed E-state index contributed by atoms with van der Waals surface area (Å²) in [5.41, 5.74) is 17.7. The van der Waals surface area contributed by atoms with Gasteiger partial charge in [-0.15, -0.1) is 0 Å². The lowest BCUT2D eigenvalue weighted by Crippen LogP contribution is -2.07. The summed E-state index contributed by atoms with van der Waals surface area (Å²) in [6.07, 6.45) is 0. The smallest absolute Gasteiger partial charge is 0.238 e. The van der Waals surface area contributed by atoms with Gasteiger partial charge in [-0.25, -0.2) is 9.97 Å². The number of hydrogen-bond acceptors (Lipinski definition) is 6. The van der Waals surface area contributed by atoms with E-state index in [2.05, 4.69) is 304 Å². The largest absolute Gasteiger partial charge is 0.353 e. The average molecular weight is 1350 g/mol.